The molecule has 0 bridgehead atoms. The number of ether oxygens (including phenoxy) is 2. The van der Waals surface area contributed by atoms with Crippen molar-refractivity contribution in [3.63, 3.8) is 0 Å². The van der Waals surface area contributed by atoms with Crippen molar-refractivity contribution in [2.45, 2.75) is 19.0 Å². The summed E-state index contributed by atoms with van der Waals surface area (Å²) in [5, 5.41) is 2.86. The molecule has 0 saturated heterocycles. The number of nitrogens with one attached hydrogen (secondary N) is 1. The predicted molar refractivity (Wildman–Crippen MR) is 133 cm³/mol. The van der Waals surface area contributed by atoms with E-state index >= 15 is 0 Å². The number of amides is 2. The van der Waals surface area contributed by atoms with E-state index in [1.165, 1.54) is 0 Å². The highest BCUT2D eigenvalue weighted by atomic mass is 16.5. The average molecular weight is 459 g/mol. The second kappa shape index (κ2) is 12.3. The summed E-state index contributed by atoms with van der Waals surface area (Å²) in [4.78, 5) is 28.6. The van der Waals surface area contributed by atoms with E-state index in [1.807, 2.05) is 66.7 Å². The van der Waals surface area contributed by atoms with Crippen molar-refractivity contribution in [3.05, 3.63) is 108 Å². The maximum absolute atomic E-state index is 13.7. The van der Waals surface area contributed by atoms with Crippen molar-refractivity contribution >= 4 is 11.8 Å². The lowest BCUT2D eigenvalue weighted by atomic mass is 10.0. The van der Waals surface area contributed by atoms with Gasteiger partial charge in [0, 0.05) is 13.1 Å². The Morgan fingerprint density at radius 3 is 2.18 bits per heavy atom. The lowest BCUT2D eigenvalue weighted by Gasteiger charge is -2.31. The molecule has 6 heteroatoms. The summed E-state index contributed by atoms with van der Waals surface area (Å²) >= 11 is 0. The van der Waals surface area contributed by atoms with Gasteiger partial charge in [0.25, 0.3) is 0 Å². The third kappa shape index (κ3) is 6.25. The fraction of sp³-hybridized carbons (Fsp3) is 0.214. The van der Waals surface area contributed by atoms with E-state index in [2.05, 4.69) is 11.9 Å². The van der Waals surface area contributed by atoms with Gasteiger partial charge in [0.15, 0.2) is 11.5 Å². The van der Waals surface area contributed by atoms with Crippen LogP contribution in [0.15, 0.2) is 91.5 Å². The maximum Gasteiger partial charge on any atom is 0.247 e. The van der Waals surface area contributed by atoms with Gasteiger partial charge < -0.3 is 19.7 Å². The minimum absolute atomic E-state index is 0.102. The molecule has 0 saturated carbocycles. The van der Waals surface area contributed by atoms with E-state index in [0.717, 1.165) is 16.7 Å². The highest BCUT2D eigenvalue weighted by Gasteiger charge is 2.31. The maximum atomic E-state index is 13.7. The first-order valence-corrected chi connectivity index (χ1v) is 11.0. The molecular formula is C28H30N2O4. The fourth-order valence-electron chi connectivity index (χ4n) is 3.75. The van der Waals surface area contributed by atoms with Crippen LogP contribution in [0.25, 0.3) is 0 Å². The molecule has 0 spiro atoms. The number of hydrogen-bond donors (Lipinski definition) is 1. The molecule has 176 valence electrons. The van der Waals surface area contributed by atoms with E-state index in [-0.39, 0.29) is 24.8 Å². The molecule has 0 radical (unpaired) electrons. The summed E-state index contributed by atoms with van der Waals surface area (Å²) in [7, 11) is 3.12. The Labute approximate surface area is 200 Å². The number of benzene rings is 3. The minimum Gasteiger partial charge on any atom is -0.493 e. The molecule has 6 nitrogen and oxygen atoms in total. The number of hydrogen-bond acceptors (Lipinski definition) is 4. The van der Waals surface area contributed by atoms with E-state index in [4.69, 9.17) is 9.47 Å². The first kappa shape index (κ1) is 24.6. The topological polar surface area (TPSA) is 67.9 Å². The van der Waals surface area contributed by atoms with Crippen molar-refractivity contribution in [1.29, 1.82) is 0 Å². The lowest BCUT2D eigenvalue weighted by molar-refractivity contribution is -0.141. The van der Waals surface area contributed by atoms with Crippen LogP contribution in [0.5, 0.6) is 11.5 Å². The zero-order valence-electron chi connectivity index (χ0n) is 19.6. The Morgan fingerprint density at radius 2 is 1.56 bits per heavy atom. The van der Waals surface area contributed by atoms with Gasteiger partial charge in [-0.3, -0.25) is 9.59 Å². The van der Waals surface area contributed by atoms with Crippen LogP contribution in [0.2, 0.25) is 0 Å². The van der Waals surface area contributed by atoms with E-state index in [1.54, 1.807) is 37.3 Å². The summed E-state index contributed by atoms with van der Waals surface area (Å²) in [6.45, 7) is 4.28. The molecule has 0 aromatic heterocycles. The van der Waals surface area contributed by atoms with Gasteiger partial charge in [-0.25, -0.2) is 0 Å². The first-order chi connectivity index (χ1) is 16.6. The second-order valence-corrected chi connectivity index (χ2v) is 7.72. The highest BCUT2D eigenvalue weighted by molar-refractivity contribution is 5.89. The summed E-state index contributed by atoms with van der Waals surface area (Å²) in [6.07, 6.45) is 1.72. The molecule has 3 rings (SSSR count). The standard InChI is InChI=1S/C28H30N2O4/c1-4-17-29-28(32)27(23-13-9-6-10-14-23)30(20-21-11-7-5-8-12-21)26(31)19-22-15-16-24(33-2)25(18-22)34-3/h4-16,18,27H,1,17,19-20H2,2-3H3,(H,29,32)/t27-/m1/s1. The fourth-order valence-corrected chi connectivity index (χ4v) is 3.75. The van der Waals surface area contributed by atoms with Crippen LogP contribution >= 0.6 is 0 Å². The lowest BCUT2D eigenvalue weighted by Crippen LogP contribution is -2.44. The molecule has 1 atom stereocenters. The number of carbonyl (C=O) groups excluding carboxylic acids is 2. The number of methoxy groups -OCH3 is 2. The van der Waals surface area contributed by atoms with Crippen LogP contribution in [0, 0.1) is 0 Å². The molecule has 1 N–H and O–H groups in total. The summed E-state index contributed by atoms with van der Waals surface area (Å²) in [5.41, 5.74) is 2.43. The molecule has 0 aliphatic heterocycles. The first-order valence-electron chi connectivity index (χ1n) is 11.0. The third-order valence-corrected chi connectivity index (χ3v) is 5.42. The van der Waals surface area contributed by atoms with Gasteiger partial charge in [-0.1, -0.05) is 72.8 Å². The van der Waals surface area contributed by atoms with Gasteiger partial charge in [0.1, 0.15) is 6.04 Å². The van der Waals surface area contributed by atoms with Gasteiger partial charge in [-0.05, 0) is 28.8 Å². The van der Waals surface area contributed by atoms with Crippen LogP contribution in [0.3, 0.4) is 0 Å². The zero-order valence-corrected chi connectivity index (χ0v) is 19.6. The van der Waals surface area contributed by atoms with E-state index in [0.29, 0.717) is 18.0 Å². The molecule has 3 aromatic carbocycles. The molecule has 0 heterocycles. The molecule has 0 aliphatic rings. The molecule has 0 aliphatic carbocycles. The van der Waals surface area contributed by atoms with Gasteiger partial charge >= 0.3 is 0 Å². The molecule has 34 heavy (non-hydrogen) atoms. The van der Waals surface area contributed by atoms with Crippen molar-refractivity contribution < 1.29 is 19.1 Å². The number of nitrogens with zero attached hydrogens (tertiary/aromatic N) is 1. The predicted octanol–water partition coefficient (Wildman–Crippen LogP) is 4.32. The number of carbonyl (C=O) groups is 2. The van der Waals surface area contributed by atoms with Crippen molar-refractivity contribution in [1.82, 2.24) is 10.2 Å². The van der Waals surface area contributed by atoms with Gasteiger partial charge in [0.2, 0.25) is 11.8 Å². The zero-order chi connectivity index (χ0) is 24.3. The van der Waals surface area contributed by atoms with Crippen LogP contribution < -0.4 is 14.8 Å². The molecule has 0 unspecified atom stereocenters. The van der Waals surface area contributed by atoms with Crippen LogP contribution in [0.1, 0.15) is 22.7 Å². The average Bonchev–Trinajstić information content (AvgIpc) is 2.88. The Bertz CT molecular complexity index is 1100. The van der Waals surface area contributed by atoms with E-state index < -0.39 is 6.04 Å². The highest BCUT2D eigenvalue weighted by Crippen LogP contribution is 2.29. The minimum atomic E-state index is -0.797. The van der Waals surface area contributed by atoms with Crippen molar-refractivity contribution in [2.75, 3.05) is 20.8 Å². The third-order valence-electron chi connectivity index (χ3n) is 5.42. The molecule has 0 fully saturated rings. The quantitative estimate of drug-likeness (QED) is 0.435. The van der Waals surface area contributed by atoms with Crippen LogP contribution in [-0.2, 0) is 22.6 Å². The molecule has 2 amide bonds. The van der Waals surface area contributed by atoms with E-state index in [9.17, 15) is 9.59 Å². The monoisotopic (exact) mass is 458 g/mol. The summed E-state index contributed by atoms with van der Waals surface area (Å²) in [6, 6.07) is 23.6. The normalized spacial score (nSPS) is 11.2. The van der Waals surface area contributed by atoms with Crippen LogP contribution in [0.4, 0.5) is 0 Å². The van der Waals surface area contributed by atoms with Crippen molar-refractivity contribution in [3.8, 4) is 11.5 Å². The Kier molecular flexibility index (Phi) is 8.86. The van der Waals surface area contributed by atoms with Crippen LogP contribution in [-0.4, -0.2) is 37.5 Å². The molecular weight excluding hydrogens is 428 g/mol. The SMILES string of the molecule is C=CCNC(=O)[C@@H](c1ccccc1)N(Cc1ccccc1)C(=O)Cc1ccc(OC)c(OC)c1. The summed E-state index contributed by atoms with van der Waals surface area (Å²) < 4.78 is 10.7. The van der Waals surface area contributed by atoms with Gasteiger partial charge in [-0.2, -0.15) is 0 Å². The second-order valence-electron chi connectivity index (χ2n) is 7.72. The Balaban J connectivity index is 1.99. The van der Waals surface area contributed by atoms with Gasteiger partial charge in [0.05, 0.1) is 20.6 Å². The van der Waals surface area contributed by atoms with Crippen molar-refractivity contribution in [2.24, 2.45) is 0 Å². The smallest absolute Gasteiger partial charge is 0.247 e. The molecule has 3 aromatic rings. The summed E-state index contributed by atoms with van der Waals surface area (Å²) in [5.74, 6) is 0.693. The van der Waals surface area contributed by atoms with Gasteiger partial charge in [-0.15, -0.1) is 6.58 Å². The largest absolute Gasteiger partial charge is 0.493 e. The Hall–Kier alpha value is -4.06. The Morgan fingerprint density at radius 1 is 0.912 bits per heavy atom. The number of rotatable bonds is 11.